The highest BCUT2D eigenvalue weighted by Gasteiger charge is 2.18. The maximum atomic E-state index is 14.4. The molecule has 0 unspecified atom stereocenters. The van der Waals surface area contributed by atoms with E-state index in [-0.39, 0.29) is 17.9 Å². The van der Waals surface area contributed by atoms with E-state index >= 15 is 0 Å². The monoisotopic (exact) mass is 480 g/mol. The number of carbonyl (C=O) groups is 3. The average molecular weight is 481 g/mol. The summed E-state index contributed by atoms with van der Waals surface area (Å²) in [5.41, 5.74) is 1.08. The first kappa shape index (κ1) is 25.6. The predicted molar refractivity (Wildman–Crippen MR) is 130 cm³/mol. The van der Waals surface area contributed by atoms with Crippen LogP contribution in [0.1, 0.15) is 52.6 Å². The number of benzene rings is 3. The number of halogens is 2. The van der Waals surface area contributed by atoms with Crippen molar-refractivity contribution in [1.82, 2.24) is 0 Å². The van der Waals surface area contributed by atoms with Crippen molar-refractivity contribution in [3.05, 3.63) is 94.6 Å². The SMILES string of the molecule is Cc1ccc(NC(=O)c2ccc(C(=O)Cc3ccc(NC(=O)OC(C)(C)C)c(F)c3)cc2)cc1F. The Morgan fingerprint density at radius 1 is 0.829 bits per heavy atom. The fraction of sp³-hybridized carbons (Fsp3) is 0.222. The second-order valence-corrected chi connectivity index (χ2v) is 9.04. The van der Waals surface area contributed by atoms with Crippen LogP contribution in [0.3, 0.4) is 0 Å². The van der Waals surface area contributed by atoms with Crippen molar-refractivity contribution in [3.63, 3.8) is 0 Å². The van der Waals surface area contributed by atoms with Crippen molar-refractivity contribution in [3.8, 4) is 0 Å². The van der Waals surface area contributed by atoms with E-state index in [9.17, 15) is 23.2 Å². The van der Waals surface area contributed by atoms with Gasteiger partial charge >= 0.3 is 6.09 Å². The Morgan fingerprint density at radius 3 is 2.09 bits per heavy atom. The van der Waals surface area contributed by atoms with Gasteiger partial charge in [0.05, 0.1) is 5.69 Å². The third kappa shape index (κ3) is 7.20. The van der Waals surface area contributed by atoms with Gasteiger partial charge in [-0.25, -0.2) is 13.6 Å². The molecule has 0 fully saturated rings. The van der Waals surface area contributed by atoms with E-state index in [0.29, 0.717) is 27.9 Å². The van der Waals surface area contributed by atoms with Crippen LogP contribution in [0.2, 0.25) is 0 Å². The third-order valence-corrected chi connectivity index (χ3v) is 4.93. The molecule has 0 atom stereocenters. The Kier molecular flexibility index (Phi) is 7.64. The van der Waals surface area contributed by atoms with Crippen LogP contribution in [0.4, 0.5) is 25.0 Å². The van der Waals surface area contributed by atoms with Crippen molar-refractivity contribution < 1.29 is 27.9 Å². The summed E-state index contributed by atoms with van der Waals surface area (Å²) in [6, 6.07) is 14.5. The molecule has 0 radical (unpaired) electrons. The summed E-state index contributed by atoms with van der Waals surface area (Å²) in [4.78, 5) is 36.9. The highest BCUT2D eigenvalue weighted by atomic mass is 19.1. The van der Waals surface area contributed by atoms with Crippen LogP contribution in [0.25, 0.3) is 0 Å². The smallest absolute Gasteiger partial charge is 0.412 e. The molecule has 8 heteroatoms. The summed E-state index contributed by atoms with van der Waals surface area (Å²) in [5.74, 6) is -1.83. The lowest BCUT2D eigenvalue weighted by Crippen LogP contribution is -2.27. The second-order valence-electron chi connectivity index (χ2n) is 9.04. The van der Waals surface area contributed by atoms with Crippen LogP contribution in [-0.4, -0.2) is 23.4 Å². The zero-order valence-corrected chi connectivity index (χ0v) is 19.9. The molecule has 0 saturated carbocycles. The van der Waals surface area contributed by atoms with Crippen molar-refractivity contribution in [2.75, 3.05) is 10.6 Å². The fourth-order valence-corrected chi connectivity index (χ4v) is 3.15. The Bertz CT molecular complexity index is 1270. The van der Waals surface area contributed by atoms with Gasteiger partial charge in [0.2, 0.25) is 0 Å². The Balaban J connectivity index is 1.61. The van der Waals surface area contributed by atoms with Gasteiger partial charge in [-0.15, -0.1) is 0 Å². The van der Waals surface area contributed by atoms with E-state index in [2.05, 4.69) is 10.6 Å². The van der Waals surface area contributed by atoms with Crippen LogP contribution >= 0.6 is 0 Å². The van der Waals surface area contributed by atoms with Crippen molar-refractivity contribution in [2.24, 2.45) is 0 Å². The van der Waals surface area contributed by atoms with Crippen molar-refractivity contribution in [1.29, 1.82) is 0 Å². The van der Waals surface area contributed by atoms with Crippen LogP contribution in [-0.2, 0) is 11.2 Å². The minimum atomic E-state index is -0.781. The Morgan fingerprint density at radius 2 is 1.49 bits per heavy atom. The number of aryl methyl sites for hydroxylation is 1. The van der Waals surface area contributed by atoms with Gasteiger partial charge in [-0.3, -0.25) is 14.9 Å². The van der Waals surface area contributed by atoms with Gasteiger partial charge < -0.3 is 10.1 Å². The summed E-state index contributed by atoms with van der Waals surface area (Å²) in [6.07, 6.45) is -0.852. The molecule has 6 nitrogen and oxygen atoms in total. The molecule has 2 N–H and O–H groups in total. The number of hydrogen-bond donors (Lipinski definition) is 2. The zero-order valence-electron chi connectivity index (χ0n) is 19.9. The molecule has 0 aliphatic heterocycles. The van der Waals surface area contributed by atoms with Crippen molar-refractivity contribution >= 4 is 29.2 Å². The molecule has 0 saturated heterocycles. The standard InChI is InChI=1S/C27H26F2N2O4/c1-16-5-11-20(15-21(16)28)30-25(33)19-9-7-18(8-10-19)24(32)14-17-6-12-23(22(29)13-17)31-26(34)35-27(2,3)4/h5-13,15H,14H2,1-4H3,(H,30,33)(H,31,34). The maximum Gasteiger partial charge on any atom is 0.412 e. The van der Waals surface area contributed by atoms with Gasteiger partial charge in [-0.05, 0) is 75.2 Å². The number of hydrogen-bond acceptors (Lipinski definition) is 4. The van der Waals surface area contributed by atoms with Gasteiger partial charge in [0.1, 0.15) is 17.2 Å². The number of rotatable bonds is 6. The van der Waals surface area contributed by atoms with E-state index in [1.54, 1.807) is 39.8 Å². The number of amides is 2. The van der Waals surface area contributed by atoms with Gasteiger partial charge in [0.25, 0.3) is 5.91 Å². The van der Waals surface area contributed by atoms with E-state index in [1.807, 2.05) is 0 Å². The molecule has 0 bridgehead atoms. The molecule has 0 spiro atoms. The number of carbonyl (C=O) groups excluding carboxylic acids is 3. The van der Waals surface area contributed by atoms with Crippen molar-refractivity contribution in [2.45, 2.75) is 39.7 Å². The maximum absolute atomic E-state index is 14.4. The topological polar surface area (TPSA) is 84.5 Å². The second kappa shape index (κ2) is 10.5. The lowest BCUT2D eigenvalue weighted by Gasteiger charge is -2.19. The summed E-state index contributed by atoms with van der Waals surface area (Å²) >= 11 is 0. The largest absolute Gasteiger partial charge is 0.444 e. The quantitative estimate of drug-likeness (QED) is 0.406. The third-order valence-electron chi connectivity index (χ3n) is 4.93. The van der Waals surface area contributed by atoms with Crippen LogP contribution in [0, 0.1) is 18.6 Å². The molecule has 0 heterocycles. The molecule has 3 rings (SSSR count). The van der Waals surface area contributed by atoms with E-state index in [1.165, 1.54) is 48.5 Å². The summed E-state index contributed by atoms with van der Waals surface area (Å²) in [5, 5.41) is 4.95. The molecule has 0 aliphatic rings. The summed E-state index contributed by atoms with van der Waals surface area (Å²) < 4.78 is 33.2. The van der Waals surface area contributed by atoms with Gasteiger partial charge in [0, 0.05) is 23.2 Å². The number of Topliss-reactive ketones (excluding diaryl/α,β-unsaturated/α-hetero) is 1. The molecule has 2 amide bonds. The molecule has 35 heavy (non-hydrogen) atoms. The minimum Gasteiger partial charge on any atom is -0.444 e. The minimum absolute atomic E-state index is 0.0562. The van der Waals surface area contributed by atoms with Gasteiger partial charge in [-0.2, -0.15) is 0 Å². The zero-order chi connectivity index (χ0) is 25.8. The lowest BCUT2D eigenvalue weighted by atomic mass is 10.0. The van der Waals surface area contributed by atoms with Gasteiger partial charge in [-0.1, -0.05) is 24.3 Å². The molecule has 182 valence electrons. The molecule has 3 aromatic carbocycles. The predicted octanol–water partition coefficient (Wildman–Crippen LogP) is 6.30. The van der Waals surface area contributed by atoms with E-state index < -0.39 is 29.2 Å². The first-order valence-electron chi connectivity index (χ1n) is 10.9. The Hall–Kier alpha value is -4.07. The molecular weight excluding hydrogens is 454 g/mol. The number of ketones is 1. The first-order chi connectivity index (χ1) is 16.4. The highest BCUT2D eigenvalue weighted by molar-refractivity contribution is 6.05. The molecule has 0 aromatic heterocycles. The molecule has 3 aromatic rings. The molecular formula is C27H26F2N2O4. The normalized spacial score (nSPS) is 11.0. The summed E-state index contributed by atoms with van der Waals surface area (Å²) in [6.45, 7) is 6.71. The average Bonchev–Trinajstić information content (AvgIpc) is 2.77. The van der Waals surface area contributed by atoms with Gasteiger partial charge in [0.15, 0.2) is 5.78 Å². The number of anilines is 2. The first-order valence-corrected chi connectivity index (χ1v) is 10.9. The fourth-order valence-electron chi connectivity index (χ4n) is 3.15. The number of nitrogens with one attached hydrogen (secondary N) is 2. The van der Waals surface area contributed by atoms with E-state index in [4.69, 9.17) is 4.74 Å². The lowest BCUT2D eigenvalue weighted by molar-refractivity contribution is 0.0634. The highest BCUT2D eigenvalue weighted by Crippen LogP contribution is 2.20. The van der Waals surface area contributed by atoms with Crippen LogP contribution in [0.15, 0.2) is 60.7 Å². The van der Waals surface area contributed by atoms with Crippen LogP contribution in [0.5, 0.6) is 0 Å². The Labute approximate surface area is 202 Å². The van der Waals surface area contributed by atoms with Crippen LogP contribution < -0.4 is 10.6 Å². The summed E-state index contributed by atoms with van der Waals surface area (Å²) in [7, 11) is 0. The number of ether oxygens (including phenoxy) is 1. The molecule has 0 aliphatic carbocycles. The van der Waals surface area contributed by atoms with E-state index in [0.717, 1.165) is 0 Å².